The van der Waals surface area contributed by atoms with Gasteiger partial charge in [-0.25, -0.2) is 8.78 Å². The SMILES string of the molecule is COc1ccc(C(=O)c2ccc(Cl)cc2F)c(F)c1. The van der Waals surface area contributed by atoms with Crippen molar-refractivity contribution in [1.29, 1.82) is 0 Å². The van der Waals surface area contributed by atoms with E-state index < -0.39 is 17.4 Å². The number of hydrogen-bond donors (Lipinski definition) is 0. The van der Waals surface area contributed by atoms with Crippen LogP contribution in [0.2, 0.25) is 5.02 Å². The molecule has 0 radical (unpaired) electrons. The van der Waals surface area contributed by atoms with E-state index >= 15 is 0 Å². The second-order valence-electron chi connectivity index (χ2n) is 3.80. The zero-order valence-corrected chi connectivity index (χ0v) is 10.7. The molecule has 2 nitrogen and oxygen atoms in total. The van der Waals surface area contributed by atoms with Crippen molar-refractivity contribution in [2.75, 3.05) is 7.11 Å². The second-order valence-corrected chi connectivity index (χ2v) is 4.24. The maximum absolute atomic E-state index is 13.7. The summed E-state index contributed by atoms with van der Waals surface area (Å²) < 4.78 is 32.2. The summed E-state index contributed by atoms with van der Waals surface area (Å²) >= 11 is 5.60. The Morgan fingerprint density at radius 2 is 1.63 bits per heavy atom. The maximum Gasteiger partial charge on any atom is 0.198 e. The number of methoxy groups -OCH3 is 1. The first-order chi connectivity index (χ1) is 9.02. The van der Waals surface area contributed by atoms with Gasteiger partial charge in [0, 0.05) is 11.1 Å². The molecule has 0 atom stereocenters. The van der Waals surface area contributed by atoms with Gasteiger partial charge in [-0.05, 0) is 30.3 Å². The number of carbonyl (C=O) groups is 1. The van der Waals surface area contributed by atoms with E-state index in [-0.39, 0.29) is 21.9 Å². The normalized spacial score (nSPS) is 10.3. The predicted molar refractivity (Wildman–Crippen MR) is 67.8 cm³/mol. The molecule has 0 fully saturated rings. The lowest BCUT2D eigenvalue weighted by Crippen LogP contribution is -2.07. The fourth-order valence-electron chi connectivity index (χ4n) is 1.63. The van der Waals surface area contributed by atoms with E-state index in [2.05, 4.69) is 0 Å². The molecule has 0 aliphatic carbocycles. The van der Waals surface area contributed by atoms with Gasteiger partial charge in [-0.1, -0.05) is 11.6 Å². The molecule has 0 saturated carbocycles. The largest absolute Gasteiger partial charge is 0.497 e. The summed E-state index contributed by atoms with van der Waals surface area (Å²) in [5, 5.41) is 0.171. The first-order valence-electron chi connectivity index (χ1n) is 5.36. The molecule has 2 rings (SSSR count). The van der Waals surface area contributed by atoms with E-state index in [4.69, 9.17) is 16.3 Å². The van der Waals surface area contributed by atoms with Crippen LogP contribution < -0.4 is 4.74 Å². The molecule has 0 heterocycles. The molecule has 0 spiro atoms. The van der Waals surface area contributed by atoms with E-state index in [1.54, 1.807) is 0 Å². The maximum atomic E-state index is 13.7. The molecule has 98 valence electrons. The van der Waals surface area contributed by atoms with Crippen LogP contribution in [0.1, 0.15) is 15.9 Å². The van der Waals surface area contributed by atoms with E-state index in [9.17, 15) is 13.6 Å². The molecular weight excluding hydrogens is 274 g/mol. The fraction of sp³-hybridized carbons (Fsp3) is 0.0714. The standard InChI is InChI=1S/C14H9ClF2O2/c1-19-9-3-5-11(13(17)7-9)14(18)10-4-2-8(15)6-12(10)16/h2-7H,1H3. The minimum atomic E-state index is -0.785. The van der Waals surface area contributed by atoms with Crippen molar-refractivity contribution < 1.29 is 18.3 Å². The van der Waals surface area contributed by atoms with Crippen molar-refractivity contribution in [1.82, 2.24) is 0 Å². The summed E-state index contributed by atoms with van der Waals surface area (Å²) in [6.07, 6.45) is 0. The molecule has 0 amide bonds. The third kappa shape index (κ3) is 2.74. The van der Waals surface area contributed by atoms with Crippen LogP contribution in [-0.4, -0.2) is 12.9 Å². The lowest BCUT2D eigenvalue weighted by Gasteiger charge is -2.06. The zero-order chi connectivity index (χ0) is 14.0. The quantitative estimate of drug-likeness (QED) is 0.799. The highest BCUT2D eigenvalue weighted by Crippen LogP contribution is 2.22. The van der Waals surface area contributed by atoms with Gasteiger partial charge in [-0.3, -0.25) is 4.79 Å². The monoisotopic (exact) mass is 282 g/mol. The molecule has 0 unspecified atom stereocenters. The highest BCUT2D eigenvalue weighted by Gasteiger charge is 2.18. The summed E-state index contributed by atoms with van der Waals surface area (Å²) in [6.45, 7) is 0. The second kappa shape index (κ2) is 5.36. The Labute approximate surface area is 113 Å². The molecule has 0 aliphatic heterocycles. The summed E-state index contributed by atoms with van der Waals surface area (Å²) in [4.78, 5) is 12.0. The van der Waals surface area contributed by atoms with Gasteiger partial charge in [0.05, 0.1) is 18.2 Å². The van der Waals surface area contributed by atoms with Gasteiger partial charge in [-0.2, -0.15) is 0 Å². The van der Waals surface area contributed by atoms with E-state index in [1.165, 1.54) is 31.4 Å². The van der Waals surface area contributed by atoms with Gasteiger partial charge in [0.25, 0.3) is 0 Å². The van der Waals surface area contributed by atoms with Crippen molar-refractivity contribution in [3.8, 4) is 5.75 Å². The molecule has 0 bridgehead atoms. The zero-order valence-electron chi connectivity index (χ0n) is 9.91. The minimum absolute atomic E-state index is 0.171. The molecule has 2 aromatic rings. The van der Waals surface area contributed by atoms with Crippen molar-refractivity contribution in [2.24, 2.45) is 0 Å². The number of ether oxygens (including phenoxy) is 1. The van der Waals surface area contributed by atoms with E-state index in [0.29, 0.717) is 0 Å². The van der Waals surface area contributed by atoms with E-state index in [0.717, 1.165) is 12.1 Å². The Morgan fingerprint density at radius 1 is 1.05 bits per heavy atom. The lowest BCUT2D eigenvalue weighted by molar-refractivity contribution is 0.103. The Hall–Kier alpha value is -1.94. The van der Waals surface area contributed by atoms with Crippen molar-refractivity contribution in [3.63, 3.8) is 0 Å². The number of halogens is 3. The van der Waals surface area contributed by atoms with Gasteiger partial charge in [0.1, 0.15) is 17.4 Å². The Morgan fingerprint density at radius 3 is 2.16 bits per heavy atom. The first-order valence-corrected chi connectivity index (χ1v) is 5.74. The van der Waals surface area contributed by atoms with Gasteiger partial charge in [0.15, 0.2) is 5.78 Å². The van der Waals surface area contributed by atoms with Crippen LogP contribution in [0, 0.1) is 11.6 Å². The van der Waals surface area contributed by atoms with Gasteiger partial charge in [0.2, 0.25) is 0 Å². The number of hydrogen-bond acceptors (Lipinski definition) is 2. The van der Waals surface area contributed by atoms with Crippen LogP contribution in [0.25, 0.3) is 0 Å². The Bertz CT molecular complexity index is 641. The number of rotatable bonds is 3. The van der Waals surface area contributed by atoms with Crippen molar-refractivity contribution in [3.05, 3.63) is 64.2 Å². The van der Waals surface area contributed by atoms with Crippen molar-refractivity contribution >= 4 is 17.4 Å². The van der Waals surface area contributed by atoms with Crippen LogP contribution in [-0.2, 0) is 0 Å². The average Bonchev–Trinajstić information content (AvgIpc) is 2.37. The fourth-order valence-corrected chi connectivity index (χ4v) is 1.78. The van der Waals surface area contributed by atoms with Crippen LogP contribution in [0.3, 0.4) is 0 Å². The first kappa shape index (κ1) is 13.5. The Balaban J connectivity index is 2.44. The lowest BCUT2D eigenvalue weighted by atomic mass is 10.0. The topological polar surface area (TPSA) is 26.3 Å². The number of ketones is 1. The number of benzene rings is 2. The van der Waals surface area contributed by atoms with Crippen LogP contribution in [0.5, 0.6) is 5.75 Å². The van der Waals surface area contributed by atoms with Gasteiger partial charge >= 0.3 is 0 Å². The molecule has 0 N–H and O–H groups in total. The molecule has 0 saturated heterocycles. The van der Waals surface area contributed by atoms with E-state index in [1.807, 2.05) is 0 Å². The summed E-state index contributed by atoms with van der Waals surface area (Å²) in [6, 6.07) is 7.37. The highest BCUT2D eigenvalue weighted by atomic mass is 35.5. The summed E-state index contributed by atoms with van der Waals surface area (Å²) in [7, 11) is 1.38. The van der Waals surface area contributed by atoms with Gasteiger partial charge < -0.3 is 4.74 Å². The van der Waals surface area contributed by atoms with Crippen molar-refractivity contribution in [2.45, 2.75) is 0 Å². The third-order valence-corrected chi connectivity index (χ3v) is 2.83. The molecule has 0 aliphatic rings. The van der Waals surface area contributed by atoms with Crippen LogP contribution in [0.15, 0.2) is 36.4 Å². The molecule has 2 aromatic carbocycles. The van der Waals surface area contributed by atoms with Crippen LogP contribution in [0.4, 0.5) is 8.78 Å². The average molecular weight is 283 g/mol. The summed E-state index contributed by atoms with van der Waals surface area (Å²) in [5.41, 5.74) is -0.449. The summed E-state index contributed by atoms with van der Waals surface area (Å²) in [5.74, 6) is -2.01. The minimum Gasteiger partial charge on any atom is -0.497 e. The predicted octanol–water partition coefficient (Wildman–Crippen LogP) is 3.86. The third-order valence-electron chi connectivity index (χ3n) is 2.60. The smallest absolute Gasteiger partial charge is 0.198 e. The molecule has 0 aromatic heterocycles. The number of carbonyl (C=O) groups excluding carboxylic acids is 1. The molecule has 19 heavy (non-hydrogen) atoms. The molecule has 5 heteroatoms. The molecular formula is C14H9ClF2O2. The van der Waals surface area contributed by atoms with Gasteiger partial charge in [-0.15, -0.1) is 0 Å². The van der Waals surface area contributed by atoms with Crippen LogP contribution >= 0.6 is 11.6 Å². The Kier molecular flexibility index (Phi) is 3.81. The highest BCUT2D eigenvalue weighted by molar-refractivity contribution is 6.30.